The number of amides is 2. The van der Waals surface area contributed by atoms with Gasteiger partial charge in [0.1, 0.15) is 11.8 Å². The van der Waals surface area contributed by atoms with Crippen LogP contribution in [-0.2, 0) is 9.59 Å². The summed E-state index contributed by atoms with van der Waals surface area (Å²) in [6.07, 6.45) is 0.439. The molecule has 1 aromatic carbocycles. The summed E-state index contributed by atoms with van der Waals surface area (Å²) in [5, 5.41) is 5.95. The van der Waals surface area contributed by atoms with Gasteiger partial charge in [0.05, 0.1) is 12.8 Å². The normalized spacial score (nSPS) is 18.9. The average Bonchev–Trinajstić information content (AvgIpc) is 2.64. The maximum absolute atomic E-state index is 12.2. The maximum atomic E-state index is 12.2. The van der Waals surface area contributed by atoms with E-state index < -0.39 is 6.04 Å². The Hall–Kier alpha value is -1.40. The highest BCUT2D eigenvalue weighted by Crippen LogP contribution is 2.28. The highest BCUT2D eigenvalue weighted by molar-refractivity contribution is 7.99. The molecule has 0 unspecified atom stereocenters. The van der Waals surface area contributed by atoms with E-state index in [1.807, 2.05) is 0 Å². The summed E-state index contributed by atoms with van der Waals surface area (Å²) in [5.74, 6) is 1.44. The van der Waals surface area contributed by atoms with Gasteiger partial charge in [-0.25, -0.2) is 0 Å². The first-order valence-corrected chi connectivity index (χ1v) is 7.65. The Morgan fingerprint density at radius 1 is 1.55 bits per heavy atom. The van der Waals surface area contributed by atoms with Gasteiger partial charge in [-0.05, 0) is 18.2 Å². The van der Waals surface area contributed by atoms with E-state index in [0.717, 1.165) is 5.75 Å². The molecule has 1 aromatic rings. The lowest BCUT2D eigenvalue weighted by molar-refractivity contribution is -0.125. The fraction of sp³-hybridized carbons (Fsp3) is 0.385. The second kappa shape index (κ2) is 6.85. The molecule has 2 rings (SSSR count). The van der Waals surface area contributed by atoms with E-state index in [9.17, 15) is 9.59 Å². The van der Waals surface area contributed by atoms with Gasteiger partial charge in [-0.3, -0.25) is 9.59 Å². The second-order valence-electron chi connectivity index (χ2n) is 4.28. The molecule has 2 amide bonds. The number of carbonyl (C=O) groups is 2. The minimum absolute atomic E-state index is 0.104. The molecular formula is C13H15ClN2O3S. The Morgan fingerprint density at radius 3 is 3.10 bits per heavy atom. The number of carbonyl (C=O) groups excluding carboxylic acids is 2. The molecule has 108 valence electrons. The Labute approximate surface area is 126 Å². The number of hydrogen-bond donors (Lipinski definition) is 2. The van der Waals surface area contributed by atoms with Gasteiger partial charge in [-0.15, -0.1) is 0 Å². The number of halogens is 1. The third kappa shape index (κ3) is 3.80. The summed E-state index contributed by atoms with van der Waals surface area (Å²) < 4.78 is 5.17. The molecule has 1 saturated heterocycles. The quantitative estimate of drug-likeness (QED) is 0.894. The van der Waals surface area contributed by atoms with Gasteiger partial charge in [0.15, 0.2) is 0 Å². The number of nitrogens with one attached hydrogen (secondary N) is 2. The Balaban J connectivity index is 2.10. The zero-order valence-electron chi connectivity index (χ0n) is 10.9. The van der Waals surface area contributed by atoms with Gasteiger partial charge in [0, 0.05) is 22.9 Å². The van der Waals surface area contributed by atoms with Crippen LogP contribution in [0, 0.1) is 0 Å². The molecule has 1 heterocycles. The number of hydrogen-bond acceptors (Lipinski definition) is 4. The zero-order chi connectivity index (χ0) is 14.5. The van der Waals surface area contributed by atoms with Gasteiger partial charge in [-0.1, -0.05) is 11.6 Å². The number of rotatable bonds is 3. The van der Waals surface area contributed by atoms with Crippen LogP contribution in [0.3, 0.4) is 0 Å². The van der Waals surface area contributed by atoms with Crippen LogP contribution in [0.1, 0.15) is 6.42 Å². The summed E-state index contributed by atoms with van der Waals surface area (Å²) in [6, 6.07) is 4.43. The van der Waals surface area contributed by atoms with Gasteiger partial charge in [0.2, 0.25) is 11.8 Å². The highest BCUT2D eigenvalue weighted by Gasteiger charge is 2.24. The summed E-state index contributed by atoms with van der Waals surface area (Å²) in [7, 11) is 1.52. The predicted molar refractivity (Wildman–Crippen MR) is 80.5 cm³/mol. The highest BCUT2D eigenvalue weighted by atomic mass is 35.5. The third-order valence-electron chi connectivity index (χ3n) is 2.83. The molecule has 2 N–H and O–H groups in total. The minimum atomic E-state index is -0.543. The zero-order valence-corrected chi connectivity index (χ0v) is 12.5. The maximum Gasteiger partial charge on any atom is 0.247 e. The van der Waals surface area contributed by atoms with Gasteiger partial charge in [-0.2, -0.15) is 11.8 Å². The van der Waals surface area contributed by atoms with Gasteiger partial charge < -0.3 is 15.4 Å². The lowest BCUT2D eigenvalue weighted by atomic mass is 10.2. The van der Waals surface area contributed by atoms with Gasteiger partial charge >= 0.3 is 0 Å². The number of anilines is 1. The molecule has 0 spiro atoms. The molecule has 0 saturated carbocycles. The number of ether oxygens (including phenoxy) is 1. The molecule has 0 aromatic heterocycles. The van der Waals surface area contributed by atoms with E-state index in [0.29, 0.717) is 28.6 Å². The summed E-state index contributed by atoms with van der Waals surface area (Å²) in [6.45, 7) is 0. The third-order valence-corrected chi connectivity index (χ3v) is 4.13. The fourth-order valence-corrected chi connectivity index (χ4v) is 2.95. The summed E-state index contributed by atoms with van der Waals surface area (Å²) >= 11 is 7.49. The van der Waals surface area contributed by atoms with E-state index >= 15 is 0 Å². The molecule has 0 radical (unpaired) electrons. The monoisotopic (exact) mass is 314 g/mol. The van der Waals surface area contributed by atoms with Crippen molar-refractivity contribution in [2.75, 3.05) is 23.9 Å². The van der Waals surface area contributed by atoms with Crippen LogP contribution in [0.15, 0.2) is 18.2 Å². The van der Waals surface area contributed by atoms with Crippen LogP contribution in [0.25, 0.3) is 0 Å². The number of methoxy groups -OCH3 is 1. The molecule has 7 heteroatoms. The van der Waals surface area contributed by atoms with E-state index in [-0.39, 0.29) is 11.8 Å². The minimum Gasteiger partial charge on any atom is -0.495 e. The lowest BCUT2D eigenvalue weighted by Crippen LogP contribution is -2.44. The molecule has 1 atom stereocenters. The van der Waals surface area contributed by atoms with Crippen LogP contribution in [-0.4, -0.2) is 36.5 Å². The van der Waals surface area contributed by atoms with Crippen molar-refractivity contribution in [3.63, 3.8) is 0 Å². The van der Waals surface area contributed by atoms with Crippen molar-refractivity contribution in [3.8, 4) is 5.75 Å². The van der Waals surface area contributed by atoms with Crippen molar-refractivity contribution < 1.29 is 14.3 Å². The predicted octanol–water partition coefficient (Wildman–Crippen LogP) is 1.91. The molecule has 1 aliphatic rings. The standard InChI is InChI=1S/C13H15ClN2O3S/c1-19-11-3-2-8(14)6-9(11)16-13(18)10-7-20-5-4-12(17)15-10/h2-3,6,10H,4-5,7H2,1H3,(H,15,17)(H,16,18)/t10-/m1/s1. The first-order chi connectivity index (χ1) is 9.60. The summed E-state index contributed by atoms with van der Waals surface area (Å²) in [5.41, 5.74) is 0.494. The largest absolute Gasteiger partial charge is 0.495 e. The van der Waals surface area contributed by atoms with E-state index in [1.165, 1.54) is 7.11 Å². The van der Waals surface area contributed by atoms with Crippen molar-refractivity contribution >= 4 is 40.9 Å². The molecule has 20 heavy (non-hydrogen) atoms. The average molecular weight is 315 g/mol. The van der Waals surface area contributed by atoms with Crippen LogP contribution in [0.5, 0.6) is 5.75 Å². The number of benzene rings is 1. The molecule has 5 nitrogen and oxygen atoms in total. The second-order valence-corrected chi connectivity index (χ2v) is 5.87. The van der Waals surface area contributed by atoms with Crippen molar-refractivity contribution in [3.05, 3.63) is 23.2 Å². The van der Waals surface area contributed by atoms with E-state index in [2.05, 4.69) is 10.6 Å². The van der Waals surface area contributed by atoms with Gasteiger partial charge in [0.25, 0.3) is 0 Å². The van der Waals surface area contributed by atoms with Crippen molar-refractivity contribution in [1.82, 2.24) is 5.32 Å². The van der Waals surface area contributed by atoms with Crippen LogP contribution in [0.2, 0.25) is 5.02 Å². The number of thioether (sulfide) groups is 1. The Kier molecular flexibility index (Phi) is 5.14. The lowest BCUT2D eigenvalue weighted by Gasteiger charge is -2.16. The first-order valence-electron chi connectivity index (χ1n) is 6.11. The SMILES string of the molecule is COc1ccc(Cl)cc1NC(=O)[C@H]1CSCCC(=O)N1. The van der Waals surface area contributed by atoms with Crippen molar-refractivity contribution in [1.29, 1.82) is 0 Å². The summed E-state index contributed by atoms with van der Waals surface area (Å²) in [4.78, 5) is 23.7. The topological polar surface area (TPSA) is 67.4 Å². The molecule has 1 fully saturated rings. The van der Waals surface area contributed by atoms with E-state index in [4.69, 9.17) is 16.3 Å². The van der Waals surface area contributed by atoms with Crippen LogP contribution >= 0.6 is 23.4 Å². The molecule has 0 aliphatic carbocycles. The van der Waals surface area contributed by atoms with Crippen molar-refractivity contribution in [2.24, 2.45) is 0 Å². The fourth-order valence-electron chi connectivity index (χ4n) is 1.81. The molecular weight excluding hydrogens is 300 g/mol. The smallest absolute Gasteiger partial charge is 0.247 e. The Bertz CT molecular complexity index is 524. The van der Waals surface area contributed by atoms with Crippen LogP contribution < -0.4 is 15.4 Å². The first kappa shape index (κ1) is 15.0. The molecule has 0 bridgehead atoms. The Morgan fingerprint density at radius 2 is 2.35 bits per heavy atom. The molecule has 1 aliphatic heterocycles. The van der Waals surface area contributed by atoms with Crippen molar-refractivity contribution in [2.45, 2.75) is 12.5 Å². The van der Waals surface area contributed by atoms with E-state index in [1.54, 1.807) is 30.0 Å². The van der Waals surface area contributed by atoms with Crippen LogP contribution in [0.4, 0.5) is 5.69 Å².